The monoisotopic (exact) mass is 437 g/mol. The topological polar surface area (TPSA) is 108 Å². The number of piperidine rings is 1. The van der Waals surface area contributed by atoms with Gasteiger partial charge in [-0.1, -0.05) is 17.7 Å². The highest BCUT2D eigenvalue weighted by Gasteiger charge is 2.49. The molecule has 2 aliphatic rings. The Morgan fingerprint density at radius 1 is 1.09 bits per heavy atom. The Bertz CT molecular complexity index is 1050. The molecule has 9 nitrogen and oxygen atoms in total. The lowest BCUT2D eigenvalue weighted by Crippen LogP contribution is -2.58. The molecule has 4 rings (SSSR count). The third-order valence-electron chi connectivity index (χ3n) is 6.43. The van der Waals surface area contributed by atoms with Crippen molar-refractivity contribution >= 4 is 29.0 Å². The van der Waals surface area contributed by atoms with Crippen molar-refractivity contribution in [2.24, 2.45) is 0 Å². The largest absolute Gasteiger partial charge is 0.371 e. The van der Waals surface area contributed by atoms with Crippen molar-refractivity contribution in [2.75, 3.05) is 23.3 Å². The van der Waals surface area contributed by atoms with E-state index in [1.54, 1.807) is 12.1 Å². The summed E-state index contributed by atoms with van der Waals surface area (Å²) in [6.45, 7) is 7.20. The zero-order valence-electron chi connectivity index (χ0n) is 18.5. The van der Waals surface area contributed by atoms with E-state index in [-0.39, 0.29) is 24.0 Å². The Hall–Kier alpha value is -3.62. The van der Waals surface area contributed by atoms with Crippen LogP contribution in [0.5, 0.6) is 0 Å². The normalized spacial score (nSPS) is 17.4. The first kappa shape index (κ1) is 21.6. The van der Waals surface area contributed by atoms with Crippen molar-refractivity contribution in [3.05, 3.63) is 63.2 Å². The van der Waals surface area contributed by atoms with Crippen LogP contribution >= 0.6 is 0 Å². The number of non-ortho nitro benzene ring substituents is 1. The van der Waals surface area contributed by atoms with E-state index in [1.165, 1.54) is 17.1 Å². The number of hydrogen-bond donors (Lipinski definition) is 2. The van der Waals surface area contributed by atoms with Crippen LogP contribution < -0.4 is 15.6 Å². The Labute approximate surface area is 186 Å². The predicted octanol–water partition coefficient (Wildman–Crippen LogP) is 3.83. The molecule has 1 spiro atoms. The van der Waals surface area contributed by atoms with Crippen LogP contribution in [0.25, 0.3) is 0 Å². The summed E-state index contributed by atoms with van der Waals surface area (Å²) in [4.78, 5) is 38.1. The number of hydrazine groups is 1. The van der Waals surface area contributed by atoms with E-state index in [1.807, 2.05) is 32.9 Å². The quantitative estimate of drug-likeness (QED) is 0.561. The second-order valence-corrected chi connectivity index (χ2v) is 8.74. The molecule has 2 aliphatic heterocycles. The summed E-state index contributed by atoms with van der Waals surface area (Å²) in [5.41, 5.74) is 6.94. The van der Waals surface area contributed by atoms with E-state index >= 15 is 0 Å². The number of amides is 3. The van der Waals surface area contributed by atoms with Gasteiger partial charge in [-0.25, -0.2) is 9.80 Å². The number of aryl methyl sites for hydroxylation is 3. The minimum absolute atomic E-state index is 0.0531. The number of nitro benzene ring substituents is 1. The second kappa shape index (κ2) is 8.14. The number of urea groups is 1. The third-order valence-corrected chi connectivity index (χ3v) is 6.43. The average molecular weight is 438 g/mol. The standard InChI is InChI=1S/C23H27N5O4/c1-15-12-16(2)21(17(3)13-15)24-22(30)27-23(14-20(29)25-27)8-10-26(11-9-23)18-4-6-19(7-5-18)28(31)32/h4-7,12-13H,8-11,14H2,1-3H3,(H,24,30)(H,25,29). The van der Waals surface area contributed by atoms with Gasteiger partial charge in [-0.2, -0.15) is 0 Å². The molecular weight excluding hydrogens is 410 g/mol. The van der Waals surface area contributed by atoms with Crippen LogP contribution in [0.15, 0.2) is 36.4 Å². The number of rotatable bonds is 3. The Morgan fingerprint density at radius 2 is 1.69 bits per heavy atom. The number of carbonyl (C=O) groups is 2. The molecule has 9 heteroatoms. The summed E-state index contributed by atoms with van der Waals surface area (Å²) in [5, 5.41) is 15.4. The van der Waals surface area contributed by atoms with Crippen LogP contribution in [0.1, 0.15) is 36.0 Å². The summed E-state index contributed by atoms with van der Waals surface area (Å²) >= 11 is 0. The summed E-state index contributed by atoms with van der Waals surface area (Å²) in [5.74, 6) is -0.165. The Balaban J connectivity index is 1.49. The minimum atomic E-state index is -0.592. The molecule has 0 atom stereocenters. The van der Waals surface area contributed by atoms with E-state index < -0.39 is 10.5 Å². The molecule has 2 heterocycles. The number of nitrogens with zero attached hydrogens (tertiary/aromatic N) is 3. The van der Waals surface area contributed by atoms with E-state index in [0.717, 1.165) is 28.1 Å². The van der Waals surface area contributed by atoms with Crippen molar-refractivity contribution in [1.29, 1.82) is 0 Å². The van der Waals surface area contributed by atoms with Gasteiger partial charge >= 0.3 is 6.03 Å². The van der Waals surface area contributed by atoms with Gasteiger partial charge in [-0.3, -0.25) is 20.3 Å². The van der Waals surface area contributed by atoms with E-state index in [2.05, 4.69) is 15.6 Å². The lowest BCUT2D eigenvalue weighted by atomic mass is 9.84. The maximum Gasteiger partial charge on any atom is 0.341 e. The maximum absolute atomic E-state index is 13.2. The molecule has 32 heavy (non-hydrogen) atoms. The molecule has 0 aliphatic carbocycles. The van der Waals surface area contributed by atoms with Crippen molar-refractivity contribution in [1.82, 2.24) is 10.4 Å². The van der Waals surface area contributed by atoms with Gasteiger partial charge in [-0.15, -0.1) is 0 Å². The lowest BCUT2D eigenvalue weighted by Gasteiger charge is -2.43. The van der Waals surface area contributed by atoms with Crippen LogP contribution in [-0.4, -0.2) is 40.5 Å². The zero-order chi connectivity index (χ0) is 23.0. The van der Waals surface area contributed by atoms with Crippen molar-refractivity contribution < 1.29 is 14.5 Å². The molecule has 0 aromatic heterocycles. The zero-order valence-corrected chi connectivity index (χ0v) is 18.5. The van der Waals surface area contributed by atoms with Gasteiger partial charge < -0.3 is 10.2 Å². The van der Waals surface area contributed by atoms with Gasteiger partial charge in [-0.05, 0) is 56.9 Å². The molecule has 0 unspecified atom stereocenters. The fraction of sp³-hybridized carbons (Fsp3) is 0.391. The summed E-state index contributed by atoms with van der Waals surface area (Å²) in [6, 6.07) is 10.2. The molecular formula is C23H27N5O4. The molecule has 3 amide bonds. The molecule has 0 bridgehead atoms. The molecule has 2 fully saturated rings. The smallest absolute Gasteiger partial charge is 0.341 e. The minimum Gasteiger partial charge on any atom is -0.371 e. The first-order valence-electron chi connectivity index (χ1n) is 10.7. The molecule has 2 aromatic rings. The van der Waals surface area contributed by atoms with Crippen molar-refractivity contribution in [2.45, 2.75) is 45.6 Å². The summed E-state index contributed by atoms with van der Waals surface area (Å²) in [7, 11) is 0. The number of nitro groups is 1. The predicted molar refractivity (Wildman–Crippen MR) is 122 cm³/mol. The fourth-order valence-electron chi connectivity index (χ4n) is 4.83. The van der Waals surface area contributed by atoms with E-state index in [0.29, 0.717) is 25.9 Å². The first-order chi connectivity index (χ1) is 15.2. The third kappa shape index (κ3) is 3.98. The van der Waals surface area contributed by atoms with Crippen LogP contribution in [0, 0.1) is 30.9 Å². The average Bonchev–Trinajstić information content (AvgIpc) is 3.06. The van der Waals surface area contributed by atoms with E-state index in [9.17, 15) is 19.7 Å². The second-order valence-electron chi connectivity index (χ2n) is 8.74. The summed E-state index contributed by atoms with van der Waals surface area (Å²) < 4.78 is 0. The molecule has 2 N–H and O–H groups in total. The SMILES string of the molecule is Cc1cc(C)c(NC(=O)N2NC(=O)CC23CCN(c2ccc([N+](=O)[O-])cc2)CC3)c(C)c1. The van der Waals surface area contributed by atoms with Gasteiger partial charge in [0.1, 0.15) is 0 Å². The highest BCUT2D eigenvalue weighted by Crippen LogP contribution is 2.37. The van der Waals surface area contributed by atoms with Crippen molar-refractivity contribution in [3.8, 4) is 0 Å². The van der Waals surface area contributed by atoms with Gasteiger partial charge in [0.05, 0.1) is 16.9 Å². The lowest BCUT2D eigenvalue weighted by molar-refractivity contribution is -0.384. The fourth-order valence-corrected chi connectivity index (χ4v) is 4.83. The van der Waals surface area contributed by atoms with Crippen molar-refractivity contribution in [3.63, 3.8) is 0 Å². The van der Waals surface area contributed by atoms with Crippen LogP contribution in [0.4, 0.5) is 21.9 Å². The highest BCUT2D eigenvalue weighted by molar-refractivity contribution is 5.95. The van der Waals surface area contributed by atoms with Crippen LogP contribution in [-0.2, 0) is 4.79 Å². The number of benzene rings is 2. The number of anilines is 2. The Morgan fingerprint density at radius 3 is 2.25 bits per heavy atom. The molecule has 2 saturated heterocycles. The number of carbonyl (C=O) groups excluding carboxylic acids is 2. The van der Waals surface area contributed by atoms with E-state index in [4.69, 9.17) is 0 Å². The van der Waals surface area contributed by atoms with Crippen LogP contribution in [0.2, 0.25) is 0 Å². The van der Waals surface area contributed by atoms with Gasteiger partial charge in [0.25, 0.3) is 5.69 Å². The molecule has 168 valence electrons. The van der Waals surface area contributed by atoms with Gasteiger partial charge in [0.15, 0.2) is 0 Å². The molecule has 0 saturated carbocycles. The number of hydrogen-bond acceptors (Lipinski definition) is 5. The maximum atomic E-state index is 13.2. The highest BCUT2D eigenvalue weighted by atomic mass is 16.6. The van der Waals surface area contributed by atoms with Crippen LogP contribution in [0.3, 0.4) is 0 Å². The molecule has 0 radical (unpaired) electrons. The summed E-state index contributed by atoms with van der Waals surface area (Å²) in [6.07, 6.45) is 1.49. The van der Waals surface area contributed by atoms with Gasteiger partial charge in [0.2, 0.25) is 5.91 Å². The first-order valence-corrected chi connectivity index (χ1v) is 10.7. The molecule has 2 aromatic carbocycles. The Kier molecular flexibility index (Phi) is 5.50. The number of nitrogens with one attached hydrogen (secondary N) is 2. The van der Waals surface area contributed by atoms with Gasteiger partial charge in [0, 0.05) is 36.6 Å².